The van der Waals surface area contributed by atoms with Crippen molar-refractivity contribution in [3.05, 3.63) is 16.4 Å². The van der Waals surface area contributed by atoms with E-state index in [1.807, 2.05) is 4.68 Å². The van der Waals surface area contributed by atoms with Crippen LogP contribution in [0.1, 0.15) is 32.2 Å². The first-order chi connectivity index (χ1) is 8.63. The lowest BCUT2D eigenvalue weighted by atomic mass is 10.2. The number of aryl methyl sites for hydroxylation is 2. The van der Waals surface area contributed by atoms with E-state index in [2.05, 4.69) is 31.2 Å². The Morgan fingerprint density at radius 2 is 2.17 bits per heavy atom. The van der Waals surface area contributed by atoms with Crippen LogP contribution in [0.5, 0.6) is 0 Å². The molecule has 1 atom stereocenters. The van der Waals surface area contributed by atoms with Crippen LogP contribution >= 0.6 is 11.6 Å². The van der Waals surface area contributed by atoms with Crippen LogP contribution in [-0.4, -0.2) is 30.0 Å². The van der Waals surface area contributed by atoms with Gasteiger partial charge >= 0.3 is 0 Å². The topological polar surface area (TPSA) is 39.1 Å². The number of hydrogen-bond acceptors (Lipinski definition) is 3. The van der Waals surface area contributed by atoms with Crippen LogP contribution in [-0.2, 0) is 24.2 Å². The predicted octanol–water partition coefficient (Wildman–Crippen LogP) is 2.49. The molecule has 1 heterocycles. The van der Waals surface area contributed by atoms with E-state index in [-0.39, 0.29) is 0 Å². The van der Waals surface area contributed by atoms with Gasteiger partial charge in [-0.2, -0.15) is 5.10 Å². The Morgan fingerprint density at radius 1 is 1.44 bits per heavy atom. The van der Waals surface area contributed by atoms with Crippen molar-refractivity contribution >= 4 is 11.6 Å². The molecule has 0 radical (unpaired) electrons. The summed E-state index contributed by atoms with van der Waals surface area (Å²) in [5, 5.41) is 8.73. The second-order valence-corrected chi connectivity index (χ2v) is 4.95. The summed E-state index contributed by atoms with van der Waals surface area (Å²) in [6, 6.07) is 0. The van der Waals surface area contributed by atoms with Crippen LogP contribution in [0, 0.1) is 5.92 Å². The van der Waals surface area contributed by atoms with E-state index in [1.54, 1.807) is 7.11 Å². The van der Waals surface area contributed by atoms with Crippen molar-refractivity contribution < 1.29 is 4.74 Å². The average Bonchev–Trinajstić information content (AvgIpc) is 2.66. The molecule has 0 saturated heterocycles. The molecule has 1 rings (SSSR count). The van der Waals surface area contributed by atoms with Crippen molar-refractivity contribution in [1.82, 2.24) is 15.1 Å². The highest BCUT2D eigenvalue weighted by Crippen LogP contribution is 2.21. The normalized spacial score (nSPS) is 12.9. The molecule has 1 N–H and O–H groups in total. The zero-order valence-electron chi connectivity index (χ0n) is 11.8. The van der Waals surface area contributed by atoms with Crippen LogP contribution in [0.25, 0.3) is 0 Å². The minimum Gasteiger partial charge on any atom is -0.384 e. The van der Waals surface area contributed by atoms with E-state index >= 15 is 0 Å². The fourth-order valence-corrected chi connectivity index (χ4v) is 2.30. The Kier molecular flexibility index (Phi) is 6.68. The first-order valence-corrected chi connectivity index (χ1v) is 6.95. The highest BCUT2D eigenvalue weighted by atomic mass is 35.5. The molecule has 18 heavy (non-hydrogen) atoms. The van der Waals surface area contributed by atoms with Gasteiger partial charge < -0.3 is 10.1 Å². The third-order valence-electron chi connectivity index (χ3n) is 2.93. The summed E-state index contributed by atoms with van der Waals surface area (Å²) >= 11 is 6.34. The van der Waals surface area contributed by atoms with Gasteiger partial charge in [0, 0.05) is 33.4 Å². The zero-order chi connectivity index (χ0) is 13.5. The highest BCUT2D eigenvalue weighted by molar-refractivity contribution is 6.31. The van der Waals surface area contributed by atoms with Crippen molar-refractivity contribution in [2.75, 3.05) is 20.3 Å². The van der Waals surface area contributed by atoms with Gasteiger partial charge in [0.1, 0.15) is 0 Å². The molecular formula is C13H24ClN3O. The van der Waals surface area contributed by atoms with E-state index in [4.69, 9.17) is 16.3 Å². The molecule has 5 heteroatoms. The minimum absolute atomic E-state index is 0.498. The molecule has 0 spiro atoms. The van der Waals surface area contributed by atoms with Gasteiger partial charge in [-0.25, -0.2) is 0 Å². The molecule has 4 nitrogen and oxygen atoms in total. The molecular weight excluding hydrogens is 250 g/mol. The maximum atomic E-state index is 6.34. The molecule has 0 aliphatic heterocycles. The quantitative estimate of drug-likeness (QED) is 0.791. The second kappa shape index (κ2) is 7.77. The first kappa shape index (κ1) is 15.5. The Morgan fingerprint density at radius 3 is 2.72 bits per heavy atom. The standard InChI is InChI=1S/C13H24ClN3O/c1-5-11-13(14)12(17(6-2)16-11)8-15-7-10(3)9-18-4/h10,15H,5-9H2,1-4H3. The summed E-state index contributed by atoms with van der Waals surface area (Å²) in [5.41, 5.74) is 2.07. The summed E-state index contributed by atoms with van der Waals surface area (Å²) < 4.78 is 7.09. The van der Waals surface area contributed by atoms with Crippen molar-refractivity contribution in [2.45, 2.75) is 40.3 Å². The van der Waals surface area contributed by atoms with E-state index < -0.39 is 0 Å². The van der Waals surface area contributed by atoms with Gasteiger partial charge in [0.2, 0.25) is 0 Å². The molecule has 0 amide bonds. The zero-order valence-corrected chi connectivity index (χ0v) is 12.5. The van der Waals surface area contributed by atoms with Gasteiger partial charge in [0.25, 0.3) is 0 Å². The highest BCUT2D eigenvalue weighted by Gasteiger charge is 2.13. The third kappa shape index (κ3) is 3.97. The number of rotatable bonds is 8. The Bertz CT molecular complexity index is 365. The van der Waals surface area contributed by atoms with E-state index in [1.165, 1.54) is 0 Å². The van der Waals surface area contributed by atoms with Crippen LogP contribution in [0.2, 0.25) is 5.02 Å². The summed E-state index contributed by atoms with van der Waals surface area (Å²) in [7, 11) is 1.73. The van der Waals surface area contributed by atoms with Crippen molar-refractivity contribution in [3.8, 4) is 0 Å². The number of methoxy groups -OCH3 is 1. The van der Waals surface area contributed by atoms with Gasteiger partial charge in [0.05, 0.1) is 16.4 Å². The number of ether oxygens (including phenoxy) is 1. The molecule has 0 saturated carbocycles. The maximum Gasteiger partial charge on any atom is 0.0863 e. The summed E-state index contributed by atoms with van der Waals surface area (Å²) in [6.07, 6.45) is 0.874. The van der Waals surface area contributed by atoms with Crippen LogP contribution < -0.4 is 5.32 Å². The Hall–Kier alpha value is -0.580. The van der Waals surface area contributed by atoms with Crippen LogP contribution in [0.4, 0.5) is 0 Å². The Labute approximate surface area is 115 Å². The minimum atomic E-state index is 0.498. The summed E-state index contributed by atoms with van der Waals surface area (Å²) in [5.74, 6) is 0.498. The van der Waals surface area contributed by atoms with Gasteiger partial charge in [-0.1, -0.05) is 25.4 Å². The average molecular weight is 274 g/mol. The number of nitrogens with one attached hydrogen (secondary N) is 1. The molecule has 0 fully saturated rings. The molecule has 1 unspecified atom stereocenters. The fraction of sp³-hybridized carbons (Fsp3) is 0.769. The van der Waals surface area contributed by atoms with Crippen molar-refractivity contribution in [2.24, 2.45) is 5.92 Å². The van der Waals surface area contributed by atoms with E-state index in [0.29, 0.717) is 5.92 Å². The van der Waals surface area contributed by atoms with Gasteiger partial charge in [0.15, 0.2) is 0 Å². The van der Waals surface area contributed by atoms with Gasteiger partial charge in [-0.15, -0.1) is 0 Å². The molecule has 0 aromatic carbocycles. The van der Waals surface area contributed by atoms with Gasteiger partial charge in [-0.05, 0) is 19.3 Å². The monoisotopic (exact) mass is 273 g/mol. The first-order valence-electron chi connectivity index (χ1n) is 6.57. The summed E-state index contributed by atoms with van der Waals surface area (Å²) in [4.78, 5) is 0. The number of aromatic nitrogens is 2. The molecule has 1 aromatic rings. The lowest BCUT2D eigenvalue weighted by molar-refractivity contribution is 0.158. The summed E-state index contributed by atoms with van der Waals surface area (Å²) in [6.45, 7) is 9.62. The maximum absolute atomic E-state index is 6.34. The number of nitrogens with zero attached hydrogens (tertiary/aromatic N) is 2. The molecule has 0 bridgehead atoms. The molecule has 1 aromatic heterocycles. The van der Waals surface area contributed by atoms with Crippen LogP contribution in [0.3, 0.4) is 0 Å². The van der Waals surface area contributed by atoms with Crippen LogP contribution in [0.15, 0.2) is 0 Å². The predicted molar refractivity (Wildman–Crippen MR) is 75.0 cm³/mol. The van der Waals surface area contributed by atoms with Crippen molar-refractivity contribution in [1.29, 1.82) is 0 Å². The molecule has 0 aliphatic rings. The fourth-order valence-electron chi connectivity index (χ4n) is 1.97. The lowest BCUT2D eigenvalue weighted by Crippen LogP contribution is -2.24. The molecule has 0 aliphatic carbocycles. The lowest BCUT2D eigenvalue weighted by Gasteiger charge is -2.12. The van der Waals surface area contributed by atoms with Gasteiger partial charge in [-0.3, -0.25) is 4.68 Å². The molecule has 104 valence electrons. The van der Waals surface area contributed by atoms with E-state index in [0.717, 1.165) is 49.1 Å². The SMILES string of the molecule is CCc1nn(CC)c(CNCC(C)COC)c1Cl. The largest absolute Gasteiger partial charge is 0.384 e. The smallest absolute Gasteiger partial charge is 0.0863 e. The van der Waals surface area contributed by atoms with E-state index in [9.17, 15) is 0 Å². The second-order valence-electron chi connectivity index (χ2n) is 4.57. The van der Waals surface area contributed by atoms with Crippen molar-refractivity contribution in [3.63, 3.8) is 0 Å². The number of hydrogen-bond donors (Lipinski definition) is 1. The number of halogens is 1. The third-order valence-corrected chi connectivity index (χ3v) is 3.37. The Balaban J connectivity index is 2.58.